The summed E-state index contributed by atoms with van der Waals surface area (Å²) in [4.78, 5) is 12.5. The van der Waals surface area contributed by atoms with Gasteiger partial charge in [-0.05, 0) is 13.0 Å². The van der Waals surface area contributed by atoms with Crippen LogP contribution >= 0.6 is 0 Å². The van der Waals surface area contributed by atoms with Crippen LogP contribution in [0.15, 0.2) is 30.9 Å². The van der Waals surface area contributed by atoms with Crippen molar-refractivity contribution in [1.82, 2.24) is 19.5 Å². The molecule has 4 rings (SSSR count). The molecule has 2 aromatic heterocycles. The molecule has 0 radical (unpaired) electrons. The maximum atomic E-state index is 14.2. The third kappa shape index (κ3) is 2.06. The van der Waals surface area contributed by atoms with Crippen molar-refractivity contribution in [3.63, 3.8) is 0 Å². The average Bonchev–Trinajstić information content (AvgIpc) is 3.26. The van der Waals surface area contributed by atoms with Gasteiger partial charge in [-0.1, -0.05) is 6.07 Å². The van der Waals surface area contributed by atoms with Gasteiger partial charge in [0.15, 0.2) is 11.2 Å². The number of halogens is 2. The molecule has 1 aromatic carbocycles. The van der Waals surface area contributed by atoms with Crippen LogP contribution in [0.25, 0.3) is 11.2 Å². The first-order valence-electron chi connectivity index (χ1n) is 7.38. The second kappa shape index (κ2) is 5.20. The molecule has 0 saturated carbocycles. The van der Waals surface area contributed by atoms with Crippen LogP contribution in [-0.2, 0) is 10.3 Å². The summed E-state index contributed by atoms with van der Waals surface area (Å²) in [5.74, 6) is -0.883. The van der Waals surface area contributed by atoms with E-state index in [4.69, 9.17) is 9.47 Å². The second-order valence-corrected chi connectivity index (χ2v) is 5.69. The van der Waals surface area contributed by atoms with E-state index in [9.17, 15) is 8.78 Å². The lowest BCUT2D eigenvalue weighted by atomic mass is 9.92. The highest BCUT2D eigenvalue weighted by atomic mass is 19.1. The van der Waals surface area contributed by atoms with Crippen molar-refractivity contribution in [3.05, 3.63) is 48.1 Å². The van der Waals surface area contributed by atoms with Gasteiger partial charge in [0.05, 0.1) is 26.1 Å². The van der Waals surface area contributed by atoms with Crippen LogP contribution in [0.5, 0.6) is 5.88 Å². The van der Waals surface area contributed by atoms with Gasteiger partial charge in [-0.3, -0.25) is 0 Å². The number of imidazole rings is 1. The monoisotopic (exact) mass is 332 g/mol. The quantitative estimate of drug-likeness (QED) is 0.687. The molecule has 0 N–H and O–H groups in total. The summed E-state index contributed by atoms with van der Waals surface area (Å²) in [6.45, 7) is 2.21. The van der Waals surface area contributed by atoms with Gasteiger partial charge in [-0.25, -0.2) is 18.7 Å². The number of benzene rings is 1. The molecule has 1 aliphatic heterocycles. The Labute approximate surface area is 136 Å². The number of ether oxygens (including phenoxy) is 2. The zero-order valence-electron chi connectivity index (χ0n) is 13.0. The SMILES string of the molecule is COc1ncnc2c1ncn2[C@H](C)[C@@]1(c2ccc(F)cc2F)CO1. The van der Waals surface area contributed by atoms with E-state index in [0.29, 0.717) is 29.2 Å². The van der Waals surface area contributed by atoms with Crippen molar-refractivity contribution < 1.29 is 18.3 Å². The Kier molecular flexibility index (Phi) is 3.24. The van der Waals surface area contributed by atoms with E-state index in [-0.39, 0.29) is 6.04 Å². The molecule has 0 bridgehead atoms. The molecule has 1 fully saturated rings. The highest BCUT2D eigenvalue weighted by Crippen LogP contribution is 2.49. The van der Waals surface area contributed by atoms with Crippen molar-refractivity contribution in [2.45, 2.75) is 18.6 Å². The predicted molar refractivity (Wildman–Crippen MR) is 80.6 cm³/mol. The number of nitrogens with zero attached hydrogens (tertiary/aromatic N) is 4. The lowest BCUT2D eigenvalue weighted by Gasteiger charge is -2.22. The molecule has 8 heteroatoms. The van der Waals surface area contributed by atoms with Gasteiger partial charge in [0.25, 0.3) is 0 Å². The molecule has 0 amide bonds. The largest absolute Gasteiger partial charge is 0.479 e. The first-order chi connectivity index (χ1) is 11.6. The fraction of sp³-hybridized carbons (Fsp3) is 0.312. The van der Waals surface area contributed by atoms with Crippen LogP contribution in [-0.4, -0.2) is 33.2 Å². The third-order valence-corrected chi connectivity index (χ3v) is 4.45. The molecular weight excluding hydrogens is 318 g/mol. The molecule has 2 atom stereocenters. The van der Waals surface area contributed by atoms with Crippen molar-refractivity contribution in [2.24, 2.45) is 0 Å². The number of epoxide rings is 1. The van der Waals surface area contributed by atoms with Crippen LogP contribution in [0.3, 0.4) is 0 Å². The summed E-state index contributed by atoms with van der Waals surface area (Å²) in [5.41, 5.74) is 0.525. The Morgan fingerprint density at radius 1 is 1.29 bits per heavy atom. The molecule has 24 heavy (non-hydrogen) atoms. The number of aromatic nitrogens is 4. The van der Waals surface area contributed by atoms with Gasteiger partial charge in [0, 0.05) is 11.6 Å². The summed E-state index contributed by atoms with van der Waals surface area (Å²) in [6, 6.07) is 3.21. The molecular formula is C16H14F2N4O2. The summed E-state index contributed by atoms with van der Waals surface area (Å²) in [7, 11) is 1.50. The van der Waals surface area contributed by atoms with E-state index in [0.717, 1.165) is 6.07 Å². The lowest BCUT2D eigenvalue weighted by Crippen LogP contribution is -2.24. The van der Waals surface area contributed by atoms with Gasteiger partial charge in [0.2, 0.25) is 5.88 Å². The lowest BCUT2D eigenvalue weighted by molar-refractivity contribution is 0.227. The molecule has 124 valence electrons. The standard InChI is InChI=1S/C16H14F2N4O2/c1-9(16(6-24-16)11-4-3-10(17)5-12(11)18)22-8-21-13-14(22)19-7-20-15(13)23-2/h3-5,7-9H,6H2,1-2H3/t9-,16-/m1/s1. The molecule has 1 saturated heterocycles. The van der Waals surface area contributed by atoms with Crippen LogP contribution in [0, 0.1) is 11.6 Å². The van der Waals surface area contributed by atoms with E-state index in [1.165, 1.54) is 25.6 Å². The van der Waals surface area contributed by atoms with E-state index in [1.54, 1.807) is 10.9 Å². The summed E-state index contributed by atoms with van der Waals surface area (Å²) in [6.07, 6.45) is 2.97. The van der Waals surface area contributed by atoms with E-state index >= 15 is 0 Å². The second-order valence-electron chi connectivity index (χ2n) is 5.69. The van der Waals surface area contributed by atoms with Crippen molar-refractivity contribution in [2.75, 3.05) is 13.7 Å². The third-order valence-electron chi connectivity index (χ3n) is 4.45. The highest BCUT2D eigenvalue weighted by Gasteiger charge is 2.54. The molecule has 1 aliphatic rings. The minimum atomic E-state index is -0.871. The topological polar surface area (TPSA) is 65.4 Å². The van der Waals surface area contributed by atoms with Gasteiger partial charge in [-0.15, -0.1) is 0 Å². The van der Waals surface area contributed by atoms with E-state index in [2.05, 4.69) is 15.0 Å². The number of hydrogen-bond acceptors (Lipinski definition) is 5. The van der Waals surface area contributed by atoms with E-state index < -0.39 is 17.2 Å². The molecule has 0 aliphatic carbocycles. The zero-order chi connectivity index (χ0) is 16.9. The average molecular weight is 332 g/mol. The number of hydrogen-bond donors (Lipinski definition) is 0. The van der Waals surface area contributed by atoms with Crippen molar-refractivity contribution in [1.29, 1.82) is 0 Å². The molecule has 0 unspecified atom stereocenters. The molecule has 3 aromatic rings. The Bertz CT molecular complexity index is 924. The number of rotatable bonds is 4. The Morgan fingerprint density at radius 3 is 2.75 bits per heavy atom. The Morgan fingerprint density at radius 2 is 2.08 bits per heavy atom. The van der Waals surface area contributed by atoms with Gasteiger partial charge < -0.3 is 14.0 Å². The van der Waals surface area contributed by atoms with Gasteiger partial charge in [0.1, 0.15) is 23.6 Å². The normalized spacial score (nSPS) is 21.0. The molecule has 3 heterocycles. The Balaban J connectivity index is 1.80. The van der Waals surface area contributed by atoms with Crippen LogP contribution < -0.4 is 4.74 Å². The van der Waals surface area contributed by atoms with Crippen LogP contribution in [0.1, 0.15) is 18.5 Å². The van der Waals surface area contributed by atoms with Gasteiger partial charge >= 0.3 is 0 Å². The maximum Gasteiger partial charge on any atom is 0.245 e. The summed E-state index contributed by atoms with van der Waals surface area (Å²) in [5, 5.41) is 0. The minimum Gasteiger partial charge on any atom is -0.479 e. The first-order valence-corrected chi connectivity index (χ1v) is 7.38. The maximum absolute atomic E-state index is 14.2. The minimum absolute atomic E-state index is 0.304. The number of methoxy groups -OCH3 is 1. The molecule has 0 spiro atoms. The van der Waals surface area contributed by atoms with Gasteiger partial charge in [-0.2, -0.15) is 4.98 Å². The van der Waals surface area contributed by atoms with Crippen molar-refractivity contribution >= 4 is 11.2 Å². The van der Waals surface area contributed by atoms with Crippen LogP contribution in [0.4, 0.5) is 8.78 Å². The Hall–Kier alpha value is -2.61. The smallest absolute Gasteiger partial charge is 0.245 e. The van der Waals surface area contributed by atoms with Crippen molar-refractivity contribution in [3.8, 4) is 5.88 Å². The van der Waals surface area contributed by atoms with E-state index in [1.807, 2.05) is 6.92 Å². The highest BCUT2D eigenvalue weighted by molar-refractivity contribution is 5.76. The summed E-state index contributed by atoms with van der Waals surface area (Å²) < 4.78 is 40.0. The summed E-state index contributed by atoms with van der Waals surface area (Å²) >= 11 is 0. The first kappa shape index (κ1) is 14.9. The fourth-order valence-electron chi connectivity index (χ4n) is 3.02. The fourth-order valence-corrected chi connectivity index (χ4v) is 3.02. The molecule has 6 nitrogen and oxygen atoms in total. The number of fused-ring (bicyclic) bond motifs is 1. The van der Waals surface area contributed by atoms with Crippen LogP contribution in [0.2, 0.25) is 0 Å². The zero-order valence-corrected chi connectivity index (χ0v) is 13.0. The predicted octanol–water partition coefficient (Wildman–Crippen LogP) is 2.60.